The van der Waals surface area contributed by atoms with Gasteiger partial charge in [-0.2, -0.15) is 0 Å². The zero-order valence-electron chi connectivity index (χ0n) is 18.4. The van der Waals surface area contributed by atoms with Gasteiger partial charge in [0.05, 0.1) is 7.11 Å². The van der Waals surface area contributed by atoms with E-state index < -0.39 is 6.04 Å². The smallest absolute Gasteiger partial charge is 0.252 e. The summed E-state index contributed by atoms with van der Waals surface area (Å²) in [6.45, 7) is 9.50. The summed E-state index contributed by atoms with van der Waals surface area (Å²) < 4.78 is 5.22. The highest BCUT2D eigenvalue weighted by atomic mass is 32.1. The molecule has 2 amide bonds. The van der Waals surface area contributed by atoms with E-state index in [1.807, 2.05) is 20.8 Å². The first-order valence-corrected chi connectivity index (χ1v) is 11.1. The van der Waals surface area contributed by atoms with Crippen molar-refractivity contribution in [3.63, 3.8) is 0 Å². The first-order valence-electron chi connectivity index (χ1n) is 10.7. The van der Waals surface area contributed by atoms with Gasteiger partial charge in [0.1, 0.15) is 11.8 Å². The lowest BCUT2D eigenvalue weighted by molar-refractivity contribution is -0.134. The summed E-state index contributed by atoms with van der Waals surface area (Å²) in [5.41, 5.74) is 0.484. The van der Waals surface area contributed by atoms with Gasteiger partial charge in [-0.15, -0.1) is 0 Å². The van der Waals surface area contributed by atoms with Crippen LogP contribution in [0.3, 0.4) is 0 Å². The lowest BCUT2D eigenvalue weighted by Crippen LogP contribution is -2.55. The third kappa shape index (κ3) is 6.08. The molecule has 0 aliphatic carbocycles. The Balaban J connectivity index is 2.16. The van der Waals surface area contributed by atoms with Crippen molar-refractivity contribution < 1.29 is 14.3 Å². The summed E-state index contributed by atoms with van der Waals surface area (Å²) in [7, 11) is 1.56. The number of amides is 2. The normalized spacial score (nSPS) is 15.3. The molecule has 7 nitrogen and oxygen atoms in total. The van der Waals surface area contributed by atoms with E-state index in [0.29, 0.717) is 24.4 Å². The molecule has 1 unspecified atom stereocenters. The largest absolute Gasteiger partial charge is 0.497 e. The van der Waals surface area contributed by atoms with Gasteiger partial charge in [-0.25, -0.2) is 0 Å². The fraction of sp³-hybridized carbons (Fsp3) is 0.591. The molecular formula is C22H34N4O3S. The fourth-order valence-corrected chi connectivity index (χ4v) is 4.13. The second-order valence-corrected chi connectivity index (χ2v) is 7.74. The van der Waals surface area contributed by atoms with E-state index in [9.17, 15) is 9.59 Å². The standard InChI is InChI=1S/C22H34N4O3S/c1-5-23-22(30)26-13-11-16(12-14-26)19(21(28)25(6-2)7-3)24-20(27)17-9-8-10-18(15-17)29-4/h8-10,15-16,19H,5-7,11-14H2,1-4H3,(H,23,30)(H,24,27). The number of benzene rings is 1. The van der Waals surface area contributed by atoms with Crippen molar-refractivity contribution in [2.75, 3.05) is 39.8 Å². The molecule has 1 aromatic rings. The number of hydrogen-bond acceptors (Lipinski definition) is 4. The van der Waals surface area contributed by atoms with Gasteiger partial charge in [0.25, 0.3) is 5.91 Å². The lowest BCUT2D eigenvalue weighted by Gasteiger charge is -2.38. The van der Waals surface area contributed by atoms with E-state index >= 15 is 0 Å². The molecule has 1 aliphatic heterocycles. The minimum atomic E-state index is -0.557. The predicted molar refractivity (Wildman–Crippen MR) is 123 cm³/mol. The van der Waals surface area contributed by atoms with Crippen LogP contribution < -0.4 is 15.4 Å². The van der Waals surface area contributed by atoms with E-state index in [4.69, 9.17) is 17.0 Å². The first kappa shape index (κ1) is 23.9. The van der Waals surface area contributed by atoms with Crippen LogP contribution in [0.25, 0.3) is 0 Å². The van der Waals surface area contributed by atoms with Crippen molar-refractivity contribution in [2.24, 2.45) is 5.92 Å². The van der Waals surface area contributed by atoms with Gasteiger partial charge in [0.15, 0.2) is 5.11 Å². The lowest BCUT2D eigenvalue weighted by atomic mass is 9.88. The molecule has 2 rings (SSSR count). The molecule has 0 radical (unpaired) electrons. The van der Waals surface area contributed by atoms with Gasteiger partial charge in [0.2, 0.25) is 5.91 Å². The topological polar surface area (TPSA) is 73.9 Å². The van der Waals surface area contributed by atoms with E-state index in [2.05, 4.69) is 15.5 Å². The summed E-state index contributed by atoms with van der Waals surface area (Å²) in [6.07, 6.45) is 1.59. The first-order chi connectivity index (χ1) is 14.4. The highest BCUT2D eigenvalue weighted by Crippen LogP contribution is 2.23. The van der Waals surface area contributed by atoms with Crippen LogP contribution in [-0.4, -0.2) is 72.6 Å². The summed E-state index contributed by atoms with van der Waals surface area (Å²) in [6, 6.07) is 6.42. The number of hydrogen-bond donors (Lipinski definition) is 2. The van der Waals surface area contributed by atoms with Crippen LogP contribution in [0.4, 0.5) is 0 Å². The predicted octanol–water partition coefficient (Wildman–Crippen LogP) is 2.27. The number of thiocarbonyl (C=S) groups is 1. The minimum Gasteiger partial charge on any atom is -0.497 e. The molecule has 1 heterocycles. The molecule has 1 aliphatic rings. The van der Waals surface area contributed by atoms with Crippen LogP contribution in [0, 0.1) is 5.92 Å². The fourth-order valence-electron chi connectivity index (χ4n) is 3.80. The third-order valence-electron chi connectivity index (χ3n) is 5.59. The number of nitrogens with one attached hydrogen (secondary N) is 2. The van der Waals surface area contributed by atoms with E-state index in [0.717, 1.165) is 37.6 Å². The van der Waals surface area contributed by atoms with Crippen molar-refractivity contribution in [3.8, 4) is 5.75 Å². The highest BCUT2D eigenvalue weighted by Gasteiger charge is 2.35. The molecule has 1 aromatic carbocycles. The Kier molecular flexibility index (Phi) is 9.36. The second kappa shape index (κ2) is 11.7. The zero-order chi connectivity index (χ0) is 22.1. The number of methoxy groups -OCH3 is 1. The number of carbonyl (C=O) groups excluding carboxylic acids is 2. The van der Waals surface area contributed by atoms with Crippen LogP contribution in [0.15, 0.2) is 24.3 Å². The number of piperidine rings is 1. The summed E-state index contributed by atoms with van der Waals surface area (Å²) in [4.78, 5) is 30.1. The van der Waals surface area contributed by atoms with Crippen molar-refractivity contribution in [2.45, 2.75) is 39.7 Å². The van der Waals surface area contributed by atoms with Crippen LogP contribution in [-0.2, 0) is 4.79 Å². The average Bonchev–Trinajstić information content (AvgIpc) is 2.78. The Morgan fingerprint density at radius 1 is 1.23 bits per heavy atom. The third-order valence-corrected chi connectivity index (χ3v) is 5.99. The Labute approximate surface area is 185 Å². The Morgan fingerprint density at radius 3 is 2.47 bits per heavy atom. The molecule has 0 spiro atoms. The SMILES string of the molecule is CCNC(=S)N1CCC(C(NC(=O)c2cccc(OC)c2)C(=O)N(CC)CC)CC1. The molecule has 8 heteroatoms. The van der Waals surface area contributed by atoms with E-state index in [1.54, 1.807) is 36.3 Å². The number of ether oxygens (including phenoxy) is 1. The molecule has 1 atom stereocenters. The quantitative estimate of drug-likeness (QED) is 0.612. The number of carbonyl (C=O) groups is 2. The molecular weight excluding hydrogens is 400 g/mol. The molecule has 0 saturated carbocycles. The second-order valence-electron chi connectivity index (χ2n) is 7.35. The minimum absolute atomic E-state index is 0.0241. The monoisotopic (exact) mass is 434 g/mol. The van der Waals surface area contributed by atoms with Gasteiger partial charge < -0.3 is 25.2 Å². The maximum Gasteiger partial charge on any atom is 0.252 e. The molecule has 30 heavy (non-hydrogen) atoms. The van der Waals surface area contributed by atoms with Gasteiger partial charge in [-0.1, -0.05) is 6.07 Å². The van der Waals surface area contributed by atoms with Crippen molar-refractivity contribution in [3.05, 3.63) is 29.8 Å². The van der Waals surface area contributed by atoms with Crippen LogP contribution >= 0.6 is 12.2 Å². The Morgan fingerprint density at radius 2 is 1.90 bits per heavy atom. The molecule has 1 fully saturated rings. The zero-order valence-corrected chi connectivity index (χ0v) is 19.3. The summed E-state index contributed by atoms with van der Waals surface area (Å²) in [5.74, 6) is 0.391. The van der Waals surface area contributed by atoms with E-state index in [-0.39, 0.29) is 17.7 Å². The van der Waals surface area contributed by atoms with Crippen molar-refractivity contribution in [1.29, 1.82) is 0 Å². The Bertz CT molecular complexity index is 731. The highest BCUT2D eigenvalue weighted by molar-refractivity contribution is 7.80. The molecule has 1 saturated heterocycles. The number of likely N-dealkylation sites (tertiary alicyclic amines) is 1. The molecule has 2 N–H and O–H groups in total. The van der Waals surface area contributed by atoms with Crippen LogP contribution in [0.5, 0.6) is 5.75 Å². The van der Waals surface area contributed by atoms with Gasteiger partial charge in [-0.3, -0.25) is 9.59 Å². The van der Waals surface area contributed by atoms with Crippen LogP contribution in [0.1, 0.15) is 44.0 Å². The maximum absolute atomic E-state index is 13.2. The number of nitrogens with zero attached hydrogens (tertiary/aromatic N) is 2. The van der Waals surface area contributed by atoms with Gasteiger partial charge >= 0.3 is 0 Å². The molecule has 0 bridgehead atoms. The van der Waals surface area contributed by atoms with Crippen molar-refractivity contribution in [1.82, 2.24) is 20.4 Å². The molecule has 0 aromatic heterocycles. The van der Waals surface area contributed by atoms with Gasteiger partial charge in [-0.05, 0) is 69.9 Å². The molecule has 166 valence electrons. The number of rotatable bonds is 8. The summed E-state index contributed by atoms with van der Waals surface area (Å²) >= 11 is 5.42. The Hall–Kier alpha value is -2.35. The number of likely N-dealkylation sites (N-methyl/N-ethyl adjacent to an activating group) is 1. The van der Waals surface area contributed by atoms with Gasteiger partial charge in [0, 0.05) is 38.3 Å². The maximum atomic E-state index is 13.2. The van der Waals surface area contributed by atoms with Crippen molar-refractivity contribution >= 4 is 29.1 Å². The van der Waals surface area contributed by atoms with Crippen LogP contribution in [0.2, 0.25) is 0 Å². The average molecular weight is 435 g/mol. The summed E-state index contributed by atoms with van der Waals surface area (Å²) in [5, 5.41) is 6.96. The van der Waals surface area contributed by atoms with E-state index in [1.165, 1.54) is 0 Å².